The van der Waals surface area contributed by atoms with E-state index >= 15 is 0 Å². The molecular weight excluding hydrogens is 286 g/mol. The molecule has 0 spiro atoms. The highest BCUT2D eigenvalue weighted by Crippen LogP contribution is 2.24. The van der Waals surface area contributed by atoms with Crippen molar-refractivity contribution >= 4 is 21.7 Å². The van der Waals surface area contributed by atoms with Gasteiger partial charge in [0, 0.05) is 12.1 Å². The van der Waals surface area contributed by atoms with Crippen LogP contribution in [-0.2, 0) is 10.0 Å². The first-order chi connectivity index (χ1) is 9.29. The third-order valence-corrected chi connectivity index (χ3v) is 3.96. The molecule has 3 N–H and O–H groups in total. The van der Waals surface area contributed by atoms with Gasteiger partial charge in [0.2, 0.25) is 5.76 Å². The Balaban J connectivity index is 2.38. The number of phenols is 1. The normalized spacial score (nSPS) is 11.2. The van der Waals surface area contributed by atoms with Crippen LogP contribution in [0.3, 0.4) is 0 Å². The van der Waals surface area contributed by atoms with Gasteiger partial charge in [0.25, 0.3) is 10.0 Å². The topological polar surface area (TPSA) is 117 Å². The Hall–Kier alpha value is -2.48. The summed E-state index contributed by atoms with van der Waals surface area (Å²) in [6, 6.07) is 6.47. The smallest absolute Gasteiger partial charge is 0.371 e. The Morgan fingerprint density at radius 2 is 2.00 bits per heavy atom. The Labute approximate surface area is 114 Å². The molecule has 0 aliphatic heterocycles. The van der Waals surface area contributed by atoms with Gasteiger partial charge in [-0.2, -0.15) is 0 Å². The number of hydrogen-bond acceptors (Lipinski definition) is 5. The number of furan rings is 1. The van der Waals surface area contributed by atoms with Crippen molar-refractivity contribution in [2.75, 3.05) is 4.72 Å². The number of aromatic carboxylic acids is 1. The van der Waals surface area contributed by atoms with Gasteiger partial charge in [-0.1, -0.05) is 6.07 Å². The predicted molar refractivity (Wildman–Crippen MR) is 69.3 cm³/mol. The highest BCUT2D eigenvalue weighted by molar-refractivity contribution is 7.92. The summed E-state index contributed by atoms with van der Waals surface area (Å²) in [5.74, 6) is -1.94. The van der Waals surface area contributed by atoms with Gasteiger partial charge in [-0.05, 0) is 19.1 Å². The van der Waals surface area contributed by atoms with Gasteiger partial charge in [-0.3, -0.25) is 4.72 Å². The Morgan fingerprint density at radius 1 is 1.30 bits per heavy atom. The first kappa shape index (κ1) is 13.9. The van der Waals surface area contributed by atoms with Crippen molar-refractivity contribution in [3.05, 3.63) is 41.9 Å². The number of nitrogens with one attached hydrogen (secondary N) is 1. The number of carbonyl (C=O) groups is 1. The fourth-order valence-corrected chi connectivity index (χ4v) is 2.85. The molecule has 0 saturated heterocycles. The van der Waals surface area contributed by atoms with Crippen LogP contribution < -0.4 is 4.72 Å². The van der Waals surface area contributed by atoms with Gasteiger partial charge in [0.1, 0.15) is 16.4 Å². The SMILES string of the molecule is Cc1oc(C(=O)O)cc1S(=O)(=O)Nc1cccc(O)c1. The number of hydrogen-bond donors (Lipinski definition) is 3. The minimum Gasteiger partial charge on any atom is -0.508 e. The van der Waals surface area contributed by atoms with Crippen LogP contribution in [-0.4, -0.2) is 24.6 Å². The molecule has 0 aliphatic carbocycles. The van der Waals surface area contributed by atoms with E-state index in [2.05, 4.69) is 4.72 Å². The number of aryl methyl sites for hydroxylation is 1. The van der Waals surface area contributed by atoms with Gasteiger partial charge < -0.3 is 14.6 Å². The first-order valence-electron chi connectivity index (χ1n) is 5.45. The molecule has 8 heteroatoms. The van der Waals surface area contributed by atoms with Crippen LogP contribution in [0, 0.1) is 6.92 Å². The van der Waals surface area contributed by atoms with E-state index in [1.54, 1.807) is 0 Å². The van der Waals surface area contributed by atoms with Crippen LogP contribution >= 0.6 is 0 Å². The van der Waals surface area contributed by atoms with E-state index in [1.807, 2.05) is 0 Å². The molecule has 2 aromatic rings. The van der Waals surface area contributed by atoms with Crippen molar-refractivity contribution in [2.45, 2.75) is 11.8 Å². The molecule has 0 radical (unpaired) electrons. The average molecular weight is 297 g/mol. The van der Waals surface area contributed by atoms with Crippen LogP contribution in [0.4, 0.5) is 5.69 Å². The minimum absolute atomic E-state index is 0.0324. The summed E-state index contributed by atoms with van der Waals surface area (Å²) in [6.45, 7) is 1.35. The van der Waals surface area contributed by atoms with Crippen LogP contribution in [0.25, 0.3) is 0 Å². The summed E-state index contributed by atoms with van der Waals surface area (Å²) in [4.78, 5) is 10.5. The zero-order valence-electron chi connectivity index (χ0n) is 10.3. The fraction of sp³-hybridized carbons (Fsp3) is 0.0833. The van der Waals surface area contributed by atoms with E-state index in [1.165, 1.54) is 31.2 Å². The Kier molecular flexibility index (Phi) is 3.41. The quantitative estimate of drug-likeness (QED) is 0.792. The number of aromatic hydroxyl groups is 1. The van der Waals surface area contributed by atoms with E-state index in [0.29, 0.717) is 0 Å². The molecule has 0 atom stereocenters. The molecule has 7 nitrogen and oxygen atoms in total. The number of carboxylic acid groups (broad SMARTS) is 1. The van der Waals surface area contributed by atoms with Gasteiger partial charge >= 0.3 is 5.97 Å². The number of phenolic OH excluding ortho intramolecular Hbond substituents is 1. The number of benzene rings is 1. The number of anilines is 1. The maximum atomic E-state index is 12.1. The zero-order chi connectivity index (χ0) is 14.9. The zero-order valence-corrected chi connectivity index (χ0v) is 11.1. The molecule has 0 aliphatic rings. The fourth-order valence-electron chi connectivity index (χ4n) is 1.62. The molecule has 0 saturated carbocycles. The van der Waals surface area contributed by atoms with Crippen molar-refractivity contribution in [3.63, 3.8) is 0 Å². The van der Waals surface area contributed by atoms with Gasteiger partial charge in [-0.25, -0.2) is 13.2 Å². The van der Waals surface area contributed by atoms with Crippen LogP contribution in [0.5, 0.6) is 5.75 Å². The van der Waals surface area contributed by atoms with Crippen LogP contribution in [0.2, 0.25) is 0 Å². The Morgan fingerprint density at radius 3 is 2.55 bits per heavy atom. The molecule has 0 bridgehead atoms. The van der Waals surface area contributed by atoms with Gasteiger partial charge in [-0.15, -0.1) is 0 Å². The predicted octanol–water partition coefficient (Wildman–Crippen LogP) is 1.79. The highest BCUT2D eigenvalue weighted by Gasteiger charge is 2.24. The van der Waals surface area contributed by atoms with Crippen LogP contribution in [0.1, 0.15) is 16.3 Å². The van der Waals surface area contributed by atoms with Crippen molar-refractivity contribution in [1.82, 2.24) is 0 Å². The number of rotatable bonds is 4. The molecule has 0 fully saturated rings. The largest absolute Gasteiger partial charge is 0.508 e. The molecule has 2 rings (SSSR count). The molecule has 1 heterocycles. The Bertz CT molecular complexity index is 762. The van der Waals surface area contributed by atoms with Crippen molar-refractivity contribution in [2.24, 2.45) is 0 Å². The maximum Gasteiger partial charge on any atom is 0.371 e. The summed E-state index contributed by atoms with van der Waals surface area (Å²) >= 11 is 0. The first-order valence-corrected chi connectivity index (χ1v) is 6.93. The molecule has 0 unspecified atom stereocenters. The van der Waals surface area contributed by atoms with Gasteiger partial charge in [0.15, 0.2) is 0 Å². The van der Waals surface area contributed by atoms with Gasteiger partial charge in [0.05, 0.1) is 5.69 Å². The second-order valence-electron chi connectivity index (χ2n) is 3.99. The lowest BCUT2D eigenvalue weighted by Gasteiger charge is -2.06. The van der Waals surface area contributed by atoms with E-state index in [9.17, 15) is 18.3 Å². The third kappa shape index (κ3) is 2.75. The summed E-state index contributed by atoms with van der Waals surface area (Å²) in [6.07, 6.45) is 0. The average Bonchev–Trinajstić information content (AvgIpc) is 2.71. The van der Waals surface area contributed by atoms with E-state index in [4.69, 9.17) is 9.52 Å². The molecular formula is C12H11NO6S. The monoisotopic (exact) mass is 297 g/mol. The van der Waals surface area contributed by atoms with E-state index in [-0.39, 0.29) is 22.1 Å². The molecule has 1 aromatic carbocycles. The number of sulfonamides is 1. The standard InChI is InChI=1S/C12H11NO6S/c1-7-11(6-10(19-7)12(15)16)20(17,18)13-8-3-2-4-9(14)5-8/h2-6,13-14H,1H3,(H,15,16). The number of carboxylic acids is 1. The lowest BCUT2D eigenvalue weighted by Crippen LogP contribution is -2.13. The second kappa shape index (κ2) is 4.89. The summed E-state index contributed by atoms with van der Waals surface area (Å²) in [5, 5.41) is 18.1. The van der Waals surface area contributed by atoms with E-state index in [0.717, 1.165) is 6.07 Å². The lowest BCUT2D eigenvalue weighted by atomic mass is 10.3. The molecule has 0 amide bonds. The summed E-state index contributed by atoms with van der Waals surface area (Å²) in [5.41, 5.74) is 0.155. The third-order valence-electron chi connectivity index (χ3n) is 2.47. The van der Waals surface area contributed by atoms with Crippen molar-refractivity contribution in [1.29, 1.82) is 0 Å². The highest BCUT2D eigenvalue weighted by atomic mass is 32.2. The molecule has 1 aromatic heterocycles. The molecule has 20 heavy (non-hydrogen) atoms. The summed E-state index contributed by atoms with van der Waals surface area (Å²) < 4.78 is 31.3. The van der Waals surface area contributed by atoms with Crippen molar-refractivity contribution in [3.8, 4) is 5.75 Å². The lowest BCUT2D eigenvalue weighted by molar-refractivity contribution is 0.0661. The second-order valence-corrected chi connectivity index (χ2v) is 5.64. The van der Waals surface area contributed by atoms with Crippen LogP contribution in [0.15, 0.2) is 39.6 Å². The summed E-state index contributed by atoms with van der Waals surface area (Å²) in [7, 11) is -3.99. The minimum atomic E-state index is -3.99. The van der Waals surface area contributed by atoms with Crippen molar-refractivity contribution < 1.29 is 27.8 Å². The maximum absolute atomic E-state index is 12.1. The van der Waals surface area contributed by atoms with E-state index < -0.39 is 21.8 Å². The molecule has 106 valence electrons.